The second-order valence-electron chi connectivity index (χ2n) is 0.992. The quantitative estimate of drug-likeness (QED) is 0.302. The molecule has 0 atom stereocenters. The SMILES string of the molecule is C=NO[SiH](ON=C)ON=C. The van der Waals surface area contributed by atoms with E-state index in [1.54, 1.807) is 0 Å². The molecule has 6 nitrogen and oxygen atoms in total. The van der Waals surface area contributed by atoms with Gasteiger partial charge in [0.15, 0.2) is 0 Å². The standard InChI is InChI=1S/C3H7N3O3Si/c1-4-7-10(8-5-2)9-6-3/h10H,1-3H2. The molecule has 0 saturated carbocycles. The smallest absolute Gasteiger partial charge is 0.376 e. The molecule has 0 saturated heterocycles. The first-order valence-electron chi connectivity index (χ1n) is 2.20. The molecule has 0 unspecified atom stereocenters. The van der Waals surface area contributed by atoms with Gasteiger partial charge in [0.25, 0.3) is 0 Å². The fourth-order valence-electron chi connectivity index (χ4n) is 0.240. The molecule has 0 rings (SSSR count). The van der Waals surface area contributed by atoms with Crippen LogP contribution in [0, 0.1) is 0 Å². The molecule has 0 spiro atoms. The van der Waals surface area contributed by atoms with E-state index >= 15 is 0 Å². The van der Waals surface area contributed by atoms with Gasteiger partial charge in [-0.2, -0.15) is 0 Å². The average Bonchev–Trinajstić information content (AvgIpc) is 1.90. The van der Waals surface area contributed by atoms with Gasteiger partial charge in [0.1, 0.15) is 0 Å². The maximum absolute atomic E-state index is 4.46. The van der Waals surface area contributed by atoms with Gasteiger partial charge in [0.05, 0.1) is 0 Å². The van der Waals surface area contributed by atoms with E-state index < -0.39 is 9.53 Å². The van der Waals surface area contributed by atoms with Crippen molar-refractivity contribution in [1.82, 2.24) is 0 Å². The molecule has 0 radical (unpaired) electrons. The molecule has 0 N–H and O–H groups in total. The summed E-state index contributed by atoms with van der Waals surface area (Å²) in [6, 6.07) is 0. The van der Waals surface area contributed by atoms with Gasteiger partial charge < -0.3 is 13.6 Å². The topological polar surface area (TPSA) is 64.8 Å². The Balaban J connectivity index is 3.58. The van der Waals surface area contributed by atoms with Gasteiger partial charge in [-0.1, -0.05) is 0 Å². The number of hydrogen-bond donors (Lipinski definition) is 0. The molecule has 0 bridgehead atoms. The predicted molar refractivity (Wildman–Crippen MR) is 39.1 cm³/mol. The summed E-state index contributed by atoms with van der Waals surface area (Å²) in [5.74, 6) is 0. The van der Waals surface area contributed by atoms with Gasteiger partial charge in [-0.15, -0.1) is 15.5 Å². The van der Waals surface area contributed by atoms with E-state index in [1.807, 2.05) is 0 Å². The van der Waals surface area contributed by atoms with E-state index in [-0.39, 0.29) is 0 Å². The molecule has 0 heterocycles. The Hall–Kier alpha value is -1.37. The number of hydrogen-bond acceptors (Lipinski definition) is 6. The minimum atomic E-state index is -2.42. The van der Waals surface area contributed by atoms with Crippen molar-refractivity contribution >= 4 is 29.7 Å². The molecule has 0 aromatic carbocycles. The lowest BCUT2D eigenvalue weighted by Crippen LogP contribution is -2.19. The predicted octanol–water partition coefficient (Wildman–Crippen LogP) is -0.400. The van der Waals surface area contributed by atoms with Crippen molar-refractivity contribution in [2.75, 3.05) is 0 Å². The second-order valence-corrected chi connectivity index (χ2v) is 2.20. The molecule has 0 fully saturated rings. The fraction of sp³-hybridized carbons (Fsp3) is 0. The molecule has 0 aliphatic rings. The first-order chi connectivity index (χ1) is 4.85. The normalized spacial score (nSPS) is 8.10. The maximum atomic E-state index is 4.46. The lowest BCUT2D eigenvalue weighted by Gasteiger charge is -2.04. The number of nitrogens with zero attached hydrogens (tertiary/aromatic N) is 3. The average molecular weight is 161 g/mol. The monoisotopic (exact) mass is 161 g/mol. The fourth-order valence-corrected chi connectivity index (χ4v) is 0.721. The Morgan fingerprint density at radius 3 is 1.30 bits per heavy atom. The molecule has 0 amide bonds. The lowest BCUT2D eigenvalue weighted by atomic mass is 11.8. The summed E-state index contributed by atoms with van der Waals surface area (Å²) in [4.78, 5) is 0. The van der Waals surface area contributed by atoms with Crippen LogP contribution in [0.3, 0.4) is 0 Å². The van der Waals surface area contributed by atoms with Crippen LogP contribution in [0.25, 0.3) is 0 Å². The summed E-state index contributed by atoms with van der Waals surface area (Å²) in [6.07, 6.45) is 0. The third kappa shape index (κ3) is 3.61. The largest absolute Gasteiger partial charge is 0.746 e. The van der Waals surface area contributed by atoms with Crippen LogP contribution in [0.4, 0.5) is 0 Å². The van der Waals surface area contributed by atoms with Crippen LogP contribution in [0.15, 0.2) is 15.5 Å². The summed E-state index contributed by atoms with van der Waals surface area (Å²) in [6.45, 7) is 9.13. The molecule has 0 aliphatic heterocycles. The lowest BCUT2D eigenvalue weighted by molar-refractivity contribution is 0.105. The van der Waals surface area contributed by atoms with E-state index in [2.05, 4.69) is 49.2 Å². The number of oxime groups is 3. The van der Waals surface area contributed by atoms with Crippen molar-refractivity contribution in [2.24, 2.45) is 15.5 Å². The molecule has 0 aromatic rings. The first-order valence-corrected chi connectivity index (χ1v) is 3.62. The van der Waals surface area contributed by atoms with Gasteiger partial charge in [0.2, 0.25) is 0 Å². The van der Waals surface area contributed by atoms with E-state index in [0.717, 1.165) is 0 Å². The van der Waals surface area contributed by atoms with Crippen molar-refractivity contribution in [3.05, 3.63) is 0 Å². The minimum absolute atomic E-state index is 2.42. The molecule has 10 heavy (non-hydrogen) atoms. The summed E-state index contributed by atoms with van der Waals surface area (Å²) in [7, 11) is -2.42. The third-order valence-corrected chi connectivity index (χ3v) is 1.45. The molecular weight excluding hydrogens is 154 g/mol. The molecular formula is C3H7N3O3Si. The van der Waals surface area contributed by atoms with Gasteiger partial charge in [-0.3, -0.25) is 0 Å². The van der Waals surface area contributed by atoms with Crippen LogP contribution >= 0.6 is 0 Å². The minimum Gasteiger partial charge on any atom is -0.376 e. The summed E-state index contributed by atoms with van der Waals surface area (Å²) in [5, 5.41) is 9.18. The Morgan fingerprint density at radius 2 is 1.10 bits per heavy atom. The van der Waals surface area contributed by atoms with Crippen LogP contribution in [-0.4, -0.2) is 29.7 Å². The van der Waals surface area contributed by atoms with Gasteiger partial charge >= 0.3 is 9.53 Å². The van der Waals surface area contributed by atoms with E-state index in [1.165, 1.54) is 0 Å². The van der Waals surface area contributed by atoms with Crippen LogP contribution in [0.5, 0.6) is 0 Å². The summed E-state index contributed by atoms with van der Waals surface area (Å²) >= 11 is 0. The van der Waals surface area contributed by atoms with Gasteiger partial charge in [-0.05, 0) is 0 Å². The molecule has 56 valence electrons. The summed E-state index contributed by atoms with van der Waals surface area (Å²) in [5.41, 5.74) is 0. The second kappa shape index (κ2) is 5.76. The Bertz CT molecular complexity index is 106. The van der Waals surface area contributed by atoms with E-state index in [4.69, 9.17) is 0 Å². The van der Waals surface area contributed by atoms with E-state index in [0.29, 0.717) is 0 Å². The van der Waals surface area contributed by atoms with Crippen LogP contribution in [0.2, 0.25) is 0 Å². The Morgan fingerprint density at radius 1 is 0.800 bits per heavy atom. The number of rotatable bonds is 6. The zero-order valence-corrected chi connectivity index (χ0v) is 6.42. The van der Waals surface area contributed by atoms with Crippen LogP contribution in [0.1, 0.15) is 0 Å². The molecule has 0 aromatic heterocycles. The van der Waals surface area contributed by atoms with Crippen molar-refractivity contribution in [3.8, 4) is 0 Å². The maximum Gasteiger partial charge on any atom is 0.746 e. The summed E-state index contributed by atoms with van der Waals surface area (Å²) < 4.78 is 13.4. The zero-order valence-electron chi connectivity index (χ0n) is 5.27. The third-order valence-electron chi connectivity index (χ3n) is 0.482. The Kier molecular flexibility index (Phi) is 4.97. The van der Waals surface area contributed by atoms with Crippen LogP contribution < -0.4 is 0 Å². The molecule has 0 aliphatic carbocycles. The van der Waals surface area contributed by atoms with Crippen molar-refractivity contribution in [3.63, 3.8) is 0 Å². The highest BCUT2D eigenvalue weighted by Crippen LogP contribution is 1.91. The van der Waals surface area contributed by atoms with Crippen molar-refractivity contribution in [1.29, 1.82) is 0 Å². The highest BCUT2D eigenvalue weighted by molar-refractivity contribution is 6.36. The molecule has 7 heteroatoms. The first kappa shape index (κ1) is 8.63. The highest BCUT2D eigenvalue weighted by atomic mass is 28.3. The zero-order chi connectivity index (χ0) is 7.82. The van der Waals surface area contributed by atoms with Crippen molar-refractivity contribution < 1.29 is 13.6 Å². The van der Waals surface area contributed by atoms with Gasteiger partial charge in [-0.25, -0.2) is 0 Å². The van der Waals surface area contributed by atoms with Crippen molar-refractivity contribution in [2.45, 2.75) is 0 Å². The highest BCUT2D eigenvalue weighted by Gasteiger charge is 2.19. The Labute approximate surface area is 59.7 Å². The van der Waals surface area contributed by atoms with Gasteiger partial charge in [0, 0.05) is 20.2 Å². The van der Waals surface area contributed by atoms with E-state index in [9.17, 15) is 0 Å². The van der Waals surface area contributed by atoms with Crippen LogP contribution in [-0.2, 0) is 13.6 Å².